The van der Waals surface area contributed by atoms with Gasteiger partial charge in [-0.15, -0.1) is 5.10 Å². The first-order valence-corrected chi connectivity index (χ1v) is 6.68. The molecule has 0 fully saturated rings. The Kier molecular flexibility index (Phi) is 2.93. The fourth-order valence-corrected chi connectivity index (χ4v) is 2.48. The van der Waals surface area contributed by atoms with Crippen LogP contribution in [-0.4, -0.2) is 24.4 Å². The van der Waals surface area contributed by atoms with Crippen LogP contribution in [0, 0.1) is 6.92 Å². The van der Waals surface area contributed by atoms with E-state index in [1.54, 1.807) is 0 Å². The highest BCUT2D eigenvalue weighted by Crippen LogP contribution is 2.20. The molecule has 3 aromatic heterocycles. The van der Waals surface area contributed by atoms with Crippen molar-refractivity contribution in [2.45, 2.75) is 33.2 Å². The van der Waals surface area contributed by atoms with Crippen LogP contribution in [0.15, 0.2) is 24.5 Å². The molecule has 0 bridgehead atoms. The number of nitrogens with two attached hydrogens (primary N) is 1. The second-order valence-electron chi connectivity index (χ2n) is 5.33. The predicted molar refractivity (Wildman–Crippen MR) is 77.6 cm³/mol. The number of nitrogen functional groups attached to an aromatic ring is 1. The van der Waals surface area contributed by atoms with Gasteiger partial charge >= 0.3 is 0 Å². The highest BCUT2D eigenvalue weighted by atomic mass is 15.4. The van der Waals surface area contributed by atoms with Gasteiger partial charge in [0.1, 0.15) is 5.65 Å². The smallest absolute Gasteiger partial charge is 0.169 e. The second-order valence-corrected chi connectivity index (χ2v) is 5.33. The molecule has 2 N–H and O–H groups in total. The number of nitrogens with zero attached hydrogens (tertiary/aromatic N) is 5. The number of aryl methyl sites for hydroxylation is 1. The third-order valence-electron chi connectivity index (χ3n) is 3.39. The summed E-state index contributed by atoms with van der Waals surface area (Å²) < 4.78 is 3.86. The maximum atomic E-state index is 5.88. The zero-order chi connectivity index (χ0) is 14.3. The highest BCUT2D eigenvalue weighted by Gasteiger charge is 2.15. The Balaban J connectivity index is 1.99. The van der Waals surface area contributed by atoms with Gasteiger partial charge in [-0.1, -0.05) is 25.1 Å². The first-order chi connectivity index (χ1) is 9.56. The van der Waals surface area contributed by atoms with E-state index < -0.39 is 0 Å². The standard InChI is InChI=1S/C14H18N6/c1-9(2)12-13(15)17-18-20(12)8-11-7-19-6-4-5-10(3)14(19)16-11/h4-7,9H,8,15H2,1-3H3. The highest BCUT2D eigenvalue weighted by molar-refractivity contribution is 5.48. The Labute approximate surface area is 117 Å². The first kappa shape index (κ1) is 12.7. The van der Waals surface area contributed by atoms with Gasteiger partial charge in [-0.2, -0.15) is 0 Å². The molecule has 0 radical (unpaired) electrons. The average molecular weight is 270 g/mol. The fraction of sp³-hybridized carbons (Fsp3) is 0.357. The number of rotatable bonds is 3. The largest absolute Gasteiger partial charge is 0.381 e. The van der Waals surface area contributed by atoms with Crippen LogP contribution in [-0.2, 0) is 6.54 Å². The molecule has 0 aliphatic carbocycles. The summed E-state index contributed by atoms with van der Waals surface area (Å²) in [6, 6.07) is 4.07. The monoisotopic (exact) mass is 270 g/mol. The maximum Gasteiger partial charge on any atom is 0.169 e. The van der Waals surface area contributed by atoms with Gasteiger partial charge in [-0.25, -0.2) is 9.67 Å². The third-order valence-corrected chi connectivity index (χ3v) is 3.39. The number of hydrogen-bond acceptors (Lipinski definition) is 4. The lowest BCUT2D eigenvalue weighted by Gasteiger charge is -2.07. The van der Waals surface area contributed by atoms with Crippen molar-refractivity contribution in [1.29, 1.82) is 0 Å². The summed E-state index contributed by atoms with van der Waals surface area (Å²) in [5, 5.41) is 8.08. The molecule has 20 heavy (non-hydrogen) atoms. The Hall–Kier alpha value is -2.37. The molecule has 0 aliphatic heterocycles. The van der Waals surface area contributed by atoms with Crippen molar-refractivity contribution in [3.63, 3.8) is 0 Å². The van der Waals surface area contributed by atoms with Crippen molar-refractivity contribution in [3.05, 3.63) is 41.5 Å². The van der Waals surface area contributed by atoms with Crippen LogP contribution in [0.4, 0.5) is 5.82 Å². The Morgan fingerprint density at radius 2 is 2.15 bits per heavy atom. The van der Waals surface area contributed by atoms with Crippen molar-refractivity contribution in [2.75, 3.05) is 5.73 Å². The maximum absolute atomic E-state index is 5.88. The molecule has 0 spiro atoms. The molecule has 0 unspecified atom stereocenters. The third kappa shape index (κ3) is 2.03. The summed E-state index contributed by atoms with van der Waals surface area (Å²) in [6.45, 7) is 6.80. The van der Waals surface area contributed by atoms with Crippen LogP contribution in [0.1, 0.15) is 36.7 Å². The number of imidazole rings is 1. The molecule has 0 aromatic carbocycles. The van der Waals surface area contributed by atoms with E-state index in [-0.39, 0.29) is 5.92 Å². The number of fused-ring (bicyclic) bond motifs is 1. The number of aromatic nitrogens is 5. The van der Waals surface area contributed by atoms with Gasteiger partial charge in [0, 0.05) is 12.4 Å². The van der Waals surface area contributed by atoms with E-state index in [9.17, 15) is 0 Å². The lowest BCUT2D eigenvalue weighted by atomic mass is 10.1. The zero-order valence-electron chi connectivity index (χ0n) is 11.9. The summed E-state index contributed by atoms with van der Waals surface area (Å²) in [6.07, 6.45) is 4.02. The Bertz CT molecular complexity index is 752. The van der Waals surface area contributed by atoms with Crippen molar-refractivity contribution < 1.29 is 0 Å². The quantitative estimate of drug-likeness (QED) is 0.789. The summed E-state index contributed by atoms with van der Waals surface area (Å²) in [7, 11) is 0. The van der Waals surface area contributed by atoms with E-state index >= 15 is 0 Å². The molecule has 3 rings (SSSR count). The summed E-state index contributed by atoms with van der Waals surface area (Å²) in [4.78, 5) is 4.65. The predicted octanol–water partition coefficient (Wildman–Crippen LogP) is 1.99. The fourth-order valence-electron chi connectivity index (χ4n) is 2.48. The minimum Gasteiger partial charge on any atom is -0.381 e. The van der Waals surface area contributed by atoms with Gasteiger partial charge < -0.3 is 10.1 Å². The molecule has 0 amide bonds. The van der Waals surface area contributed by atoms with Gasteiger partial charge in [-0.05, 0) is 24.5 Å². The van der Waals surface area contributed by atoms with Crippen molar-refractivity contribution in [3.8, 4) is 0 Å². The molecular formula is C14H18N6. The van der Waals surface area contributed by atoms with E-state index in [1.807, 2.05) is 27.5 Å². The molecule has 3 aromatic rings. The molecule has 0 aliphatic rings. The summed E-state index contributed by atoms with van der Waals surface area (Å²) in [5.41, 5.74) is 9.91. The van der Waals surface area contributed by atoms with Crippen LogP contribution in [0.25, 0.3) is 5.65 Å². The SMILES string of the molecule is Cc1cccn2cc(Cn3nnc(N)c3C(C)C)nc12. The number of pyridine rings is 1. The molecule has 0 atom stereocenters. The molecule has 3 heterocycles. The molecule has 6 heteroatoms. The van der Waals surface area contributed by atoms with Crippen LogP contribution in [0.3, 0.4) is 0 Å². The van der Waals surface area contributed by atoms with Crippen LogP contribution in [0.2, 0.25) is 0 Å². The van der Waals surface area contributed by atoms with Crippen molar-refractivity contribution in [1.82, 2.24) is 24.4 Å². The van der Waals surface area contributed by atoms with Gasteiger partial charge in [-0.3, -0.25) is 0 Å². The van der Waals surface area contributed by atoms with Crippen LogP contribution in [0.5, 0.6) is 0 Å². The first-order valence-electron chi connectivity index (χ1n) is 6.68. The van der Waals surface area contributed by atoms with Gasteiger partial charge in [0.15, 0.2) is 5.82 Å². The number of hydrogen-bond donors (Lipinski definition) is 1. The Morgan fingerprint density at radius 1 is 1.35 bits per heavy atom. The van der Waals surface area contributed by atoms with E-state index in [4.69, 9.17) is 5.73 Å². The van der Waals surface area contributed by atoms with Gasteiger partial charge in [0.25, 0.3) is 0 Å². The summed E-state index contributed by atoms with van der Waals surface area (Å²) in [5.74, 6) is 0.781. The van der Waals surface area contributed by atoms with E-state index in [0.717, 1.165) is 22.6 Å². The lowest BCUT2D eigenvalue weighted by molar-refractivity contribution is 0.592. The molecular weight excluding hydrogens is 252 g/mol. The van der Waals surface area contributed by atoms with E-state index in [0.29, 0.717) is 12.4 Å². The minimum absolute atomic E-state index is 0.281. The molecule has 0 saturated carbocycles. The molecule has 0 saturated heterocycles. The minimum atomic E-state index is 0.281. The number of anilines is 1. The van der Waals surface area contributed by atoms with Crippen LogP contribution < -0.4 is 5.73 Å². The zero-order valence-corrected chi connectivity index (χ0v) is 11.9. The van der Waals surface area contributed by atoms with E-state index in [1.165, 1.54) is 0 Å². The topological polar surface area (TPSA) is 74.0 Å². The lowest BCUT2D eigenvalue weighted by Crippen LogP contribution is -2.09. The average Bonchev–Trinajstić information content (AvgIpc) is 2.94. The van der Waals surface area contributed by atoms with Gasteiger partial charge in [0.2, 0.25) is 0 Å². The summed E-state index contributed by atoms with van der Waals surface area (Å²) >= 11 is 0. The van der Waals surface area contributed by atoms with E-state index in [2.05, 4.69) is 42.1 Å². The Morgan fingerprint density at radius 3 is 2.85 bits per heavy atom. The molecule has 104 valence electrons. The second kappa shape index (κ2) is 4.63. The van der Waals surface area contributed by atoms with Crippen molar-refractivity contribution in [2.24, 2.45) is 0 Å². The normalized spacial score (nSPS) is 11.6. The van der Waals surface area contributed by atoms with Crippen LogP contribution >= 0.6 is 0 Å². The van der Waals surface area contributed by atoms with Gasteiger partial charge in [0.05, 0.1) is 17.9 Å². The molecule has 6 nitrogen and oxygen atoms in total. The van der Waals surface area contributed by atoms with Crippen molar-refractivity contribution >= 4 is 11.5 Å².